The predicted octanol–water partition coefficient (Wildman–Crippen LogP) is 2.11. The molecule has 0 saturated carbocycles. The minimum absolute atomic E-state index is 0.536. The molecule has 0 aromatic heterocycles. The maximum atomic E-state index is 9.43. The molecule has 1 N–H and O–H groups in total. The monoisotopic (exact) mass is 128 g/mol. The van der Waals surface area contributed by atoms with E-state index < -0.39 is 5.60 Å². The fraction of sp³-hybridized carbons (Fsp3) is 0.750. The van der Waals surface area contributed by atoms with E-state index >= 15 is 0 Å². The standard InChI is InChI=1S/C8H16O/c1-5-8(4,9)6-7(2)3/h9H,2,5-6H2,1,3-4H3/t8-/m1/s1. The van der Waals surface area contributed by atoms with E-state index in [1.807, 2.05) is 20.8 Å². The zero-order valence-electron chi connectivity index (χ0n) is 6.57. The number of rotatable bonds is 3. The molecule has 0 heterocycles. The summed E-state index contributed by atoms with van der Waals surface area (Å²) in [5.74, 6) is 0. The summed E-state index contributed by atoms with van der Waals surface area (Å²) in [7, 11) is 0. The van der Waals surface area contributed by atoms with E-state index in [9.17, 15) is 5.11 Å². The Labute approximate surface area is 57.4 Å². The molecule has 9 heavy (non-hydrogen) atoms. The zero-order valence-corrected chi connectivity index (χ0v) is 6.57. The largest absolute Gasteiger partial charge is 0.390 e. The molecule has 1 atom stereocenters. The molecule has 0 fully saturated rings. The van der Waals surface area contributed by atoms with E-state index in [2.05, 4.69) is 6.58 Å². The van der Waals surface area contributed by atoms with Crippen LogP contribution in [0.5, 0.6) is 0 Å². The maximum Gasteiger partial charge on any atom is 0.0653 e. The van der Waals surface area contributed by atoms with Crippen LogP contribution in [0.4, 0.5) is 0 Å². The van der Waals surface area contributed by atoms with Crippen molar-refractivity contribution >= 4 is 0 Å². The third kappa shape index (κ3) is 4.22. The highest BCUT2D eigenvalue weighted by Gasteiger charge is 2.16. The molecule has 0 amide bonds. The van der Waals surface area contributed by atoms with Gasteiger partial charge in [-0.25, -0.2) is 0 Å². The van der Waals surface area contributed by atoms with E-state index in [1.54, 1.807) is 0 Å². The van der Waals surface area contributed by atoms with Gasteiger partial charge in [0.05, 0.1) is 5.60 Å². The predicted molar refractivity (Wildman–Crippen MR) is 40.3 cm³/mol. The summed E-state index contributed by atoms with van der Waals surface area (Å²) in [5.41, 5.74) is 0.508. The summed E-state index contributed by atoms with van der Waals surface area (Å²) in [6.45, 7) is 9.47. The molecule has 0 aromatic carbocycles. The molecule has 0 bridgehead atoms. The van der Waals surface area contributed by atoms with E-state index in [1.165, 1.54) is 0 Å². The highest BCUT2D eigenvalue weighted by atomic mass is 16.3. The fourth-order valence-corrected chi connectivity index (χ4v) is 0.775. The molecule has 0 aliphatic rings. The zero-order chi connectivity index (χ0) is 7.49. The molecule has 0 aliphatic heterocycles. The van der Waals surface area contributed by atoms with Crippen LogP contribution in [0, 0.1) is 0 Å². The van der Waals surface area contributed by atoms with Crippen LogP contribution in [-0.2, 0) is 0 Å². The minimum Gasteiger partial charge on any atom is -0.390 e. The molecular weight excluding hydrogens is 112 g/mol. The highest BCUT2D eigenvalue weighted by Crippen LogP contribution is 2.17. The van der Waals surface area contributed by atoms with Gasteiger partial charge in [-0.2, -0.15) is 0 Å². The first-order chi connectivity index (χ1) is 3.98. The molecule has 1 nitrogen and oxygen atoms in total. The van der Waals surface area contributed by atoms with E-state index in [0.717, 1.165) is 12.0 Å². The van der Waals surface area contributed by atoms with Crippen LogP contribution in [0.1, 0.15) is 33.6 Å². The van der Waals surface area contributed by atoms with Gasteiger partial charge in [-0.05, 0) is 26.7 Å². The molecule has 0 spiro atoms. The van der Waals surface area contributed by atoms with Crippen molar-refractivity contribution in [3.05, 3.63) is 12.2 Å². The first kappa shape index (κ1) is 8.70. The van der Waals surface area contributed by atoms with Crippen LogP contribution in [0.2, 0.25) is 0 Å². The molecule has 0 radical (unpaired) electrons. The van der Waals surface area contributed by atoms with Crippen LogP contribution < -0.4 is 0 Å². The normalized spacial score (nSPS) is 16.9. The molecule has 1 heteroatoms. The number of aliphatic hydroxyl groups is 1. The second kappa shape index (κ2) is 3.02. The average Bonchev–Trinajstić information content (AvgIpc) is 1.63. The second-order valence-corrected chi connectivity index (χ2v) is 2.98. The first-order valence-electron chi connectivity index (χ1n) is 3.34. The van der Waals surface area contributed by atoms with Crippen LogP contribution in [-0.4, -0.2) is 10.7 Å². The highest BCUT2D eigenvalue weighted by molar-refractivity contribution is 4.94. The fourth-order valence-electron chi connectivity index (χ4n) is 0.775. The van der Waals surface area contributed by atoms with Crippen LogP contribution in [0.15, 0.2) is 12.2 Å². The number of hydrogen-bond acceptors (Lipinski definition) is 1. The Kier molecular flexibility index (Phi) is 2.92. The van der Waals surface area contributed by atoms with E-state index in [-0.39, 0.29) is 0 Å². The van der Waals surface area contributed by atoms with Gasteiger partial charge in [-0.3, -0.25) is 0 Å². The molecule has 0 saturated heterocycles. The lowest BCUT2D eigenvalue weighted by Gasteiger charge is -2.20. The Morgan fingerprint density at radius 3 is 2.22 bits per heavy atom. The third-order valence-electron chi connectivity index (χ3n) is 1.44. The summed E-state index contributed by atoms with van der Waals surface area (Å²) >= 11 is 0. The SMILES string of the molecule is C=C(C)C[C@](C)(O)CC. The molecule has 0 unspecified atom stereocenters. The molecule has 0 aliphatic carbocycles. The van der Waals surface area contributed by atoms with E-state index in [4.69, 9.17) is 0 Å². The quantitative estimate of drug-likeness (QED) is 0.577. The van der Waals surface area contributed by atoms with Gasteiger partial charge in [0.2, 0.25) is 0 Å². The first-order valence-corrected chi connectivity index (χ1v) is 3.34. The maximum absolute atomic E-state index is 9.43. The van der Waals surface area contributed by atoms with Crippen molar-refractivity contribution in [2.45, 2.75) is 39.2 Å². The van der Waals surface area contributed by atoms with Crippen molar-refractivity contribution < 1.29 is 5.11 Å². The van der Waals surface area contributed by atoms with Gasteiger partial charge in [0.15, 0.2) is 0 Å². The van der Waals surface area contributed by atoms with Gasteiger partial charge in [-0.15, -0.1) is 6.58 Å². The summed E-state index contributed by atoms with van der Waals surface area (Å²) in [6, 6.07) is 0. The molecule has 0 rings (SSSR count). The summed E-state index contributed by atoms with van der Waals surface area (Å²) in [6.07, 6.45) is 1.50. The Hall–Kier alpha value is -0.300. The number of hydrogen-bond donors (Lipinski definition) is 1. The minimum atomic E-state index is -0.536. The van der Waals surface area contributed by atoms with Crippen molar-refractivity contribution in [2.75, 3.05) is 0 Å². The van der Waals surface area contributed by atoms with Crippen LogP contribution in [0.3, 0.4) is 0 Å². The van der Waals surface area contributed by atoms with Crippen LogP contribution in [0.25, 0.3) is 0 Å². The van der Waals surface area contributed by atoms with Gasteiger partial charge in [0, 0.05) is 0 Å². The van der Waals surface area contributed by atoms with Crippen molar-refractivity contribution in [3.8, 4) is 0 Å². The van der Waals surface area contributed by atoms with E-state index in [0.29, 0.717) is 6.42 Å². The summed E-state index contributed by atoms with van der Waals surface area (Å²) < 4.78 is 0. The Balaban J connectivity index is 3.71. The summed E-state index contributed by atoms with van der Waals surface area (Å²) in [5, 5.41) is 9.43. The van der Waals surface area contributed by atoms with Crippen molar-refractivity contribution in [3.63, 3.8) is 0 Å². The smallest absolute Gasteiger partial charge is 0.0653 e. The third-order valence-corrected chi connectivity index (χ3v) is 1.44. The lowest BCUT2D eigenvalue weighted by Crippen LogP contribution is -2.22. The van der Waals surface area contributed by atoms with Crippen molar-refractivity contribution in [1.82, 2.24) is 0 Å². The van der Waals surface area contributed by atoms with Gasteiger partial charge in [0.25, 0.3) is 0 Å². The van der Waals surface area contributed by atoms with Gasteiger partial charge in [0.1, 0.15) is 0 Å². The summed E-state index contributed by atoms with van der Waals surface area (Å²) in [4.78, 5) is 0. The van der Waals surface area contributed by atoms with Gasteiger partial charge < -0.3 is 5.11 Å². The van der Waals surface area contributed by atoms with Crippen molar-refractivity contribution in [2.24, 2.45) is 0 Å². The van der Waals surface area contributed by atoms with Gasteiger partial charge >= 0.3 is 0 Å². The Morgan fingerprint density at radius 1 is 1.67 bits per heavy atom. The second-order valence-electron chi connectivity index (χ2n) is 2.98. The van der Waals surface area contributed by atoms with Gasteiger partial charge in [-0.1, -0.05) is 12.5 Å². The lowest BCUT2D eigenvalue weighted by molar-refractivity contribution is 0.0566. The van der Waals surface area contributed by atoms with Crippen molar-refractivity contribution in [1.29, 1.82) is 0 Å². The Morgan fingerprint density at radius 2 is 2.11 bits per heavy atom. The average molecular weight is 128 g/mol. The molecule has 0 aromatic rings. The topological polar surface area (TPSA) is 20.2 Å². The lowest BCUT2D eigenvalue weighted by atomic mass is 9.96. The molecule has 54 valence electrons. The Bertz CT molecular complexity index is 103. The molecular formula is C8H16O. The van der Waals surface area contributed by atoms with Crippen LogP contribution >= 0.6 is 0 Å².